The molecule has 0 heterocycles. The number of ether oxygens (including phenoxy) is 2. The summed E-state index contributed by atoms with van der Waals surface area (Å²) in [6.07, 6.45) is -0.614. The van der Waals surface area contributed by atoms with Crippen LogP contribution in [-0.4, -0.2) is 37.6 Å². The Hall–Kier alpha value is -1.17. The van der Waals surface area contributed by atoms with E-state index in [-0.39, 0.29) is 19.0 Å². The van der Waals surface area contributed by atoms with E-state index in [4.69, 9.17) is 20.3 Å². The van der Waals surface area contributed by atoms with Crippen LogP contribution in [-0.2, 0) is 4.74 Å². The normalized spacial score (nSPS) is 14.4. The molecule has 0 saturated carbocycles. The predicted octanol–water partition coefficient (Wildman–Crippen LogP) is 0.848. The smallest absolute Gasteiger partial charge is 0.139 e. The third-order valence-electron chi connectivity index (χ3n) is 2.45. The lowest BCUT2D eigenvalue weighted by Crippen LogP contribution is -2.44. The molecule has 0 aliphatic rings. The Bertz CT molecular complexity index is 360. The number of methoxy groups -OCH3 is 1. The van der Waals surface area contributed by atoms with Gasteiger partial charge in [0, 0.05) is 13.2 Å². The zero-order valence-electron chi connectivity index (χ0n) is 10.0. The van der Waals surface area contributed by atoms with Gasteiger partial charge in [-0.3, -0.25) is 0 Å². The molecule has 0 radical (unpaired) electrons. The molecule has 0 saturated heterocycles. The minimum Gasteiger partial charge on any atom is -0.486 e. The second-order valence-corrected chi connectivity index (χ2v) is 3.87. The van der Waals surface area contributed by atoms with Gasteiger partial charge in [0.1, 0.15) is 17.7 Å². The third kappa shape index (κ3) is 3.96. The molecule has 0 bridgehead atoms. The van der Waals surface area contributed by atoms with Gasteiger partial charge in [-0.2, -0.15) is 0 Å². The van der Waals surface area contributed by atoms with Crippen molar-refractivity contribution in [2.45, 2.75) is 19.1 Å². The van der Waals surface area contributed by atoms with Crippen LogP contribution in [0.3, 0.4) is 0 Å². The van der Waals surface area contributed by atoms with Crippen molar-refractivity contribution in [3.8, 4) is 5.75 Å². The summed E-state index contributed by atoms with van der Waals surface area (Å²) in [5, 5.41) is 9.15. The highest BCUT2D eigenvalue weighted by atomic mass is 19.1. The van der Waals surface area contributed by atoms with Crippen molar-refractivity contribution in [3.05, 3.63) is 29.6 Å². The first kappa shape index (κ1) is 13.9. The van der Waals surface area contributed by atoms with Gasteiger partial charge in [-0.1, -0.05) is 6.07 Å². The van der Waals surface area contributed by atoms with E-state index in [9.17, 15) is 4.39 Å². The van der Waals surface area contributed by atoms with Crippen LogP contribution in [0.15, 0.2) is 18.2 Å². The van der Waals surface area contributed by atoms with Gasteiger partial charge in [-0.25, -0.2) is 4.39 Å². The SMILES string of the molecule is COCC(N)C(CO)Oc1ccc(C)c(F)c1. The molecule has 0 aromatic heterocycles. The molecule has 2 unspecified atom stereocenters. The summed E-state index contributed by atoms with van der Waals surface area (Å²) in [5.74, 6) is -0.00166. The minimum atomic E-state index is -0.614. The highest BCUT2D eigenvalue weighted by molar-refractivity contribution is 5.28. The average Bonchev–Trinajstić information content (AvgIpc) is 2.30. The molecule has 0 fully saturated rings. The number of aryl methyl sites for hydroxylation is 1. The molecule has 96 valence electrons. The second-order valence-electron chi connectivity index (χ2n) is 3.87. The van der Waals surface area contributed by atoms with Gasteiger partial charge >= 0.3 is 0 Å². The number of halogens is 1. The Morgan fingerprint density at radius 1 is 1.47 bits per heavy atom. The van der Waals surface area contributed by atoms with Crippen LogP contribution in [0.1, 0.15) is 5.56 Å². The van der Waals surface area contributed by atoms with E-state index in [2.05, 4.69) is 0 Å². The number of aliphatic hydroxyl groups excluding tert-OH is 1. The van der Waals surface area contributed by atoms with Crippen LogP contribution in [0.5, 0.6) is 5.75 Å². The van der Waals surface area contributed by atoms with Crippen molar-refractivity contribution in [2.24, 2.45) is 5.73 Å². The molecule has 0 amide bonds. The zero-order valence-corrected chi connectivity index (χ0v) is 10.0. The molecule has 1 aromatic carbocycles. The van der Waals surface area contributed by atoms with Gasteiger partial charge < -0.3 is 20.3 Å². The highest BCUT2D eigenvalue weighted by Gasteiger charge is 2.19. The van der Waals surface area contributed by atoms with Crippen molar-refractivity contribution < 1.29 is 19.0 Å². The summed E-state index contributed by atoms with van der Waals surface area (Å²) in [5.41, 5.74) is 6.29. The standard InChI is InChI=1S/C12H18FNO3/c1-8-3-4-9(5-10(8)13)17-12(6-15)11(14)7-16-2/h3-5,11-12,15H,6-7,14H2,1-2H3. The van der Waals surface area contributed by atoms with Crippen LogP contribution in [0.25, 0.3) is 0 Å². The lowest BCUT2D eigenvalue weighted by atomic mass is 10.2. The van der Waals surface area contributed by atoms with Crippen molar-refractivity contribution in [1.29, 1.82) is 0 Å². The molecule has 0 spiro atoms. The maximum absolute atomic E-state index is 13.3. The molecule has 1 aromatic rings. The topological polar surface area (TPSA) is 64.7 Å². The monoisotopic (exact) mass is 243 g/mol. The molecule has 2 atom stereocenters. The number of benzene rings is 1. The summed E-state index contributed by atoms with van der Waals surface area (Å²) in [6.45, 7) is 1.68. The second kappa shape index (κ2) is 6.54. The fourth-order valence-electron chi connectivity index (χ4n) is 1.38. The number of hydrogen-bond acceptors (Lipinski definition) is 4. The quantitative estimate of drug-likeness (QED) is 0.777. The molecule has 1 rings (SSSR count). The van der Waals surface area contributed by atoms with Crippen molar-refractivity contribution in [3.63, 3.8) is 0 Å². The summed E-state index contributed by atoms with van der Waals surface area (Å²) in [6, 6.07) is 4.06. The number of rotatable bonds is 6. The summed E-state index contributed by atoms with van der Waals surface area (Å²) < 4.78 is 23.6. The highest BCUT2D eigenvalue weighted by Crippen LogP contribution is 2.17. The first-order chi connectivity index (χ1) is 8.08. The first-order valence-electron chi connectivity index (χ1n) is 5.36. The molecule has 0 aliphatic heterocycles. The predicted molar refractivity (Wildman–Crippen MR) is 62.5 cm³/mol. The van der Waals surface area contributed by atoms with Gasteiger partial charge in [0.25, 0.3) is 0 Å². The van der Waals surface area contributed by atoms with Crippen molar-refractivity contribution >= 4 is 0 Å². The van der Waals surface area contributed by atoms with E-state index in [1.54, 1.807) is 19.1 Å². The minimum absolute atomic E-state index is 0.250. The number of aliphatic hydroxyl groups is 1. The lowest BCUT2D eigenvalue weighted by Gasteiger charge is -2.22. The van der Waals surface area contributed by atoms with Gasteiger partial charge in [0.2, 0.25) is 0 Å². The van der Waals surface area contributed by atoms with Crippen LogP contribution >= 0.6 is 0 Å². The Balaban J connectivity index is 2.70. The lowest BCUT2D eigenvalue weighted by molar-refractivity contribution is 0.0603. The maximum atomic E-state index is 13.3. The molecular weight excluding hydrogens is 225 g/mol. The van der Waals surface area contributed by atoms with Gasteiger partial charge in [-0.05, 0) is 18.6 Å². The summed E-state index contributed by atoms with van der Waals surface area (Å²) in [4.78, 5) is 0. The Morgan fingerprint density at radius 2 is 2.18 bits per heavy atom. The van der Waals surface area contributed by atoms with Crippen LogP contribution < -0.4 is 10.5 Å². The molecule has 5 heteroatoms. The van der Waals surface area contributed by atoms with Crippen LogP contribution in [0.2, 0.25) is 0 Å². The van der Waals surface area contributed by atoms with Gasteiger partial charge in [0.15, 0.2) is 0 Å². The Kier molecular flexibility index (Phi) is 5.34. The zero-order chi connectivity index (χ0) is 12.8. The van der Waals surface area contributed by atoms with Crippen LogP contribution in [0.4, 0.5) is 4.39 Å². The first-order valence-corrected chi connectivity index (χ1v) is 5.36. The van der Waals surface area contributed by atoms with Crippen LogP contribution in [0, 0.1) is 12.7 Å². The molecule has 3 N–H and O–H groups in total. The summed E-state index contributed by atoms with van der Waals surface area (Å²) >= 11 is 0. The van der Waals surface area contributed by atoms with E-state index in [0.29, 0.717) is 11.3 Å². The maximum Gasteiger partial charge on any atom is 0.139 e. The molecule has 4 nitrogen and oxygen atoms in total. The van der Waals surface area contributed by atoms with Gasteiger partial charge in [0.05, 0.1) is 19.3 Å². The number of hydrogen-bond donors (Lipinski definition) is 2. The van der Waals surface area contributed by atoms with E-state index in [0.717, 1.165) is 0 Å². The Labute approximate surface area is 100 Å². The largest absolute Gasteiger partial charge is 0.486 e. The van der Waals surface area contributed by atoms with Crippen molar-refractivity contribution in [2.75, 3.05) is 20.3 Å². The van der Waals surface area contributed by atoms with E-state index < -0.39 is 12.1 Å². The van der Waals surface area contributed by atoms with E-state index in [1.807, 2.05) is 0 Å². The molecular formula is C12H18FNO3. The van der Waals surface area contributed by atoms with Crippen molar-refractivity contribution in [1.82, 2.24) is 0 Å². The Morgan fingerprint density at radius 3 is 2.71 bits per heavy atom. The molecule has 17 heavy (non-hydrogen) atoms. The number of nitrogens with two attached hydrogens (primary N) is 1. The fourth-order valence-corrected chi connectivity index (χ4v) is 1.38. The molecule has 0 aliphatic carbocycles. The average molecular weight is 243 g/mol. The third-order valence-corrected chi connectivity index (χ3v) is 2.45. The van der Waals surface area contributed by atoms with E-state index in [1.165, 1.54) is 13.2 Å². The van der Waals surface area contributed by atoms with E-state index >= 15 is 0 Å². The fraction of sp³-hybridized carbons (Fsp3) is 0.500. The van der Waals surface area contributed by atoms with Gasteiger partial charge in [-0.15, -0.1) is 0 Å². The summed E-state index contributed by atoms with van der Waals surface area (Å²) in [7, 11) is 1.51.